The Morgan fingerprint density at radius 2 is 2.22 bits per heavy atom. The van der Waals surface area contributed by atoms with Gasteiger partial charge < -0.3 is 5.32 Å². The van der Waals surface area contributed by atoms with E-state index in [9.17, 15) is 0 Å². The summed E-state index contributed by atoms with van der Waals surface area (Å²) in [6.45, 7) is 12.8. The average molecular weight is 251 g/mol. The second-order valence-corrected chi connectivity index (χ2v) is 5.72. The van der Waals surface area contributed by atoms with Crippen LogP contribution in [0.1, 0.15) is 39.9 Å². The zero-order valence-corrected chi connectivity index (χ0v) is 12.0. The third kappa shape index (κ3) is 2.90. The van der Waals surface area contributed by atoms with E-state index in [0.29, 0.717) is 6.04 Å². The number of nitrogens with one attached hydrogen (secondary N) is 1. The molecule has 5 heteroatoms. The lowest BCUT2D eigenvalue weighted by Crippen LogP contribution is -2.61. The molecule has 18 heavy (non-hydrogen) atoms. The minimum absolute atomic E-state index is 0.183. The lowest BCUT2D eigenvalue weighted by molar-refractivity contribution is 0.0820. The minimum Gasteiger partial charge on any atom is -0.309 e. The van der Waals surface area contributed by atoms with Crippen LogP contribution < -0.4 is 5.32 Å². The van der Waals surface area contributed by atoms with Crippen molar-refractivity contribution in [3.8, 4) is 0 Å². The number of aryl methyl sites for hydroxylation is 1. The molecule has 0 spiro atoms. The molecular weight excluding hydrogens is 226 g/mol. The molecule has 1 N–H and O–H groups in total. The Hall–Kier alpha value is -0.940. The predicted molar refractivity (Wildman–Crippen MR) is 72.3 cm³/mol. The van der Waals surface area contributed by atoms with Gasteiger partial charge in [-0.1, -0.05) is 6.92 Å². The van der Waals surface area contributed by atoms with Crippen LogP contribution >= 0.6 is 0 Å². The molecule has 1 aliphatic rings. The molecule has 1 unspecified atom stereocenters. The van der Waals surface area contributed by atoms with Gasteiger partial charge >= 0.3 is 0 Å². The van der Waals surface area contributed by atoms with Crippen molar-refractivity contribution < 1.29 is 0 Å². The SMILES string of the molecule is CCC1CNC(C)(C)CN1Cc1ncnn1CC. The third-order valence-electron chi connectivity index (χ3n) is 3.74. The molecule has 0 bridgehead atoms. The lowest BCUT2D eigenvalue weighted by atomic mass is 9.97. The smallest absolute Gasteiger partial charge is 0.141 e. The second kappa shape index (κ2) is 5.36. The van der Waals surface area contributed by atoms with Crippen LogP contribution in [0.2, 0.25) is 0 Å². The first-order valence-electron chi connectivity index (χ1n) is 6.91. The van der Waals surface area contributed by atoms with Gasteiger partial charge in [-0.3, -0.25) is 4.90 Å². The van der Waals surface area contributed by atoms with Crippen LogP contribution in [0.5, 0.6) is 0 Å². The molecule has 102 valence electrons. The van der Waals surface area contributed by atoms with Gasteiger partial charge in [-0.25, -0.2) is 9.67 Å². The fourth-order valence-corrected chi connectivity index (χ4v) is 2.66. The molecule has 1 saturated heterocycles. The summed E-state index contributed by atoms with van der Waals surface area (Å²) in [4.78, 5) is 6.92. The van der Waals surface area contributed by atoms with Gasteiger partial charge in [0.1, 0.15) is 12.2 Å². The van der Waals surface area contributed by atoms with Crippen LogP contribution in [0, 0.1) is 0 Å². The molecule has 0 saturated carbocycles. The first-order chi connectivity index (χ1) is 8.55. The summed E-state index contributed by atoms with van der Waals surface area (Å²) in [5.41, 5.74) is 0.183. The quantitative estimate of drug-likeness (QED) is 0.875. The number of hydrogen-bond acceptors (Lipinski definition) is 4. The van der Waals surface area contributed by atoms with E-state index in [1.165, 1.54) is 6.42 Å². The highest BCUT2D eigenvalue weighted by atomic mass is 15.4. The Balaban J connectivity index is 2.09. The molecule has 0 amide bonds. The molecule has 1 atom stereocenters. The summed E-state index contributed by atoms with van der Waals surface area (Å²) in [5, 5.41) is 7.86. The Morgan fingerprint density at radius 1 is 1.44 bits per heavy atom. The highest BCUT2D eigenvalue weighted by molar-refractivity contribution is 4.95. The summed E-state index contributed by atoms with van der Waals surface area (Å²) >= 11 is 0. The number of hydrogen-bond donors (Lipinski definition) is 1. The predicted octanol–water partition coefficient (Wildman–Crippen LogP) is 1.26. The van der Waals surface area contributed by atoms with Crippen molar-refractivity contribution in [2.75, 3.05) is 13.1 Å². The highest BCUT2D eigenvalue weighted by Crippen LogP contribution is 2.19. The Morgan fingerprint density at radius 3 is 2.89 bits per heavy atom. The lowest BCUT2D eigenvalue weighted by Gasteiger charge is -2.44. The zero-order valence-electron chi connectivity index (χ0n) is 12.0. The number of aromatic nitrogens is 3. The number of nitrogens with zero attached hydrogens (tertiary/aromatic N) is 4. The monoisotopic (exact) mass is 251 g/mol. The maximum Gasteiger partial charge on any atom is 0.141 e. The summed E-state index contributed by atoms with van der Waals surface area (Å²) in [5.74, 6) is 1.08. The highest BCUT2D eigenvalue weighted by Gasteiger charge is 2.32. The molecule has 2 heterocycles. The van der Waals surface area contributed by atoms with Gasteiger partial charge in [0.15, 0.2) is 0 Å². The Bertz CT molecular complexity index is 384. The van der Waals surface area contributed by atoms with Crippen molar-refractivity contribution in [3.63, 3.8) is 0 Å². The fourth-order valence-electron chi connectivity index (χ4n) is 2.66. The summed E-state index contributed by atoms with van der Waals surface area (Å²) in [6.07, 6.45) is 2.83. The van der Waals surface area contributed by atoms with Crippen molar-refractivity contribution in [2.45, 2.75) is 58.8 Å². The van der Waals surface area contributed by atoms with Crippen molar-refractivity contribution >= 4 is 0 Å². The van der Waals surface area contributed by atoms with Crippen LogP contribution in [0.15, 0.2) is 6.33 Å². The van der Waals surface area contributed by atoms with Crippen LogP contribution in [0.4, 0.5) is 0 Å². The van der Waals surface area contributed by atoms with Gasteiger partial charge in [-0.15, -0.1) is 0 Å². The Kier molecular flexibility index (Phi) is 4.02. The molecule has 1 aromatic rings. The molecule has 0 aromatic carbocycles. The molecule has 1 aromatic heterocycles. The van der Waals surface area contributed by atoms with Gasteiger partial charge in [0.25, 0.3) is 0 Å². The van der Waals surface area contributed by atoms with Crippen molar-refractivity contribution in [1.29, 1.82) is 0 Å². The first kappa shape index (κ1) is 13.5. The van der Waals surface area contributed by atoms with E-state index in [-0.39, 0.29) is 5.54 Å². The van der Waals surface area contributed by atoms with Gasteiger partial charge in [0.2, 0.25) is 0 Å². The van der Waals surface area contributed by atoms with Gasteiger partial charge in [-0.2, -0.15) is 5.10 Å². The van der Waals surface area contributed by atoms with E-state index < -0.39 is 0 Å². The van der Waals surface area contributed by atoms with Crippen molar-refractivity contribution in [2.24, 2.45) is 0 Å². The van der Waals surface area contributed by atoms with E-state index in [1.54, 1.807) is 6.33 Å². The normalized spacial score (nSPS) is 24.3. The van der Waals surface area contributed by atoms with Gasteiger partial charge in [0.05, 0.1) is 6.54 Å². The molecule has 0 radical (unpaired) electrons. The summed E-state index contributed by atoms with van der Waals surface area (Å²) in [6, 6.07) is 0.597. The molecule has 1 fully saturated rings. The molecule has 1 aliphatic heterocycles. The summed E-state index contributed by atoms with van der Waals surface area (Å²) in [7, 11) is 0. The number of rotatable bonds is 4. The topological polar surface area (TPSA) is 46.0 Å². The maximum atomic E-state index is 4.39. The van der Waals surface area contributed by atoms with E-state index >= 15 is 0 Å². The standard InChI is InChI=1S/C13H25N5/c1-5-11-7-15-13(3,4)9-17(11)8-12-14-10-16-18(12)6-2/h10-11,15H,5-9H2,1-4H3. The molecule has 0 aliphatic carbocycles. The van der Waals surface area contributed by atoms with E-state index in [0.717, 1.165) is 32.0 Å². The number of piperazine rings is 1. The van der Waals surface area contributed by atoms with Crippen LogP contribution in [0.3, 0.4) is 0 Å². The molecule has 2 rings (SSSR count). The third-order valence-corrected chi connectivity index (χ3v) is 3.74. The van der Waals surface area contributed by atoms with E-state index in [4.69, 9.17) is 0 Å². The maximum absolute atomic E-state index is 4.39. The Labute approximate surface area is 110 Å². The average Bonchev–Trinajstić information content (AvgIpc) is 2.75. The first-order valence-corrected chi connectivity index (χ1v) is 6.91. The van der Waals surface area contributed by atoms with Crippen molar-refractivity contribution in [1.82, 2.24) is 25.0 Å². The van der Waals surface area contributed by atoms with Crippen LogP contribution in [-0.4, -0.2) is 44.3 Å². The zero-order chi connectivity index (χ0) is 13.2. The molecule has 5 nitrogen and oxygen atoms in total. The molecular formula is C13H25N5. The van der Waals surface area contributed by atoms with Gasteiger partial charge in [-0.05, 0) is 27.2 Å². The minimum atomic E-state index is 0.183. The second-order valence-electron chi connectivity index (χ2n) is 5.72. The van der Waals surface area contributed by atoms with Crippen LogP contribution in [-0.2, 0) is 13.1 Å². The fraction of sp³-hybridized carbons (Fsp3) is 0.846. The van der Waals surface area contributed by atoms with Crippen LogP contribution in [0.25, 0.3) is 0 Å². The van der Waals surface area contributed by atoms with E-state index in [1.807, 2.05) is 4.68 Å². The van der Waals surface area contributed by atoms with Crippen molar-refractivity contribution in [3.05, 3.63) is 12.2 Å². The van der Waals surface area contributed by atoms with Gasteiger partial charge in [0, 0.05) is 31.2 Å². The summed E-state index contributed by atoms with van der Waals surface area (Å²) < 4.78 is 1.99. The largest absolute Gasteiger partial charge is 0.309 e. The van der Waals surface area contributed by atoms with E-state index in [2.05, 4.69) is 48.0 Å².